The van der Waals surface area contributed by atoms with Gasteiger partial charge in [0.25, 0.3) is 20.0 Å². The third-order valence-corrected chi connectivity index (χ3v) is 15.8. The fourth-order valence-corrected chi connectivity index (χ4v) is 12.4. The number of pyridine rings is 1. The summed E-state index contributed by atoms with van der Waals surface area (Å²) in [4.78, 5) is 40.5. The molecule has 54 heavy (non-hydrogen) atoms. The summed E-state index contributed by atoms with van der Waals surface area (Å²) >= 11 is 9.40. The molecule has 5 rings (SSSR count). The van der Waals surface area contributed by atoms with Gasteiger partial charge in [-0.25, -0.2) is 16.8 Å². The molecule has 0 atom stereocenters. The Morgan fingerprint density at radius 1 is 0.685 bits per heavy atom. The maximum atomic E-state index is 12.2. The van der Waals surface area contributed by atoms with Crippen LogP contribution in [0.2, 0.25) is 0 Å². The standard InChI is InChI=1S/C18H21N2O6PS3.C13H17ClNO6PS2/c21-27(22,23)13-20-30(24,25)18-11-14-3-4-15(12-17(14)29-18)26-9-1-2-10-28-16-5-7-19-8-6-16;14-5-1-2-6-21-11-4-3-10-7-13(23-12(10)8-11)24(19,20)15-9-22(16,17)18/h3-8,11-12,20H,1-2,9-10,13H2,(H2,21,22,23);3-4,7-8,15H,1-2,5-6,9H2,(H2,16,17,18). The molecule has 2 aromatic carbocycles. The van der Waals surface area contributed by atoms with Gasteiger partial charge in [0.15, 0.2) is 0 Å². The number of sulfonamides is 2. The Hall–Kier alpha value is -2.13. The lowest BCUT2D eigenvalue weighted by molar-refractivity contribution is 0.310. The summed E-state index contributed by atoms with van der Waals surface area (Å²) in [7, 11) is -16.9. The van der Waals surface area contributed by atoms with Gasteiger partial charge in [-0.3, -0.25) is 14.1 Å². The molecule has 0 bridgehead atoms. The lowest BCUT2D eigenvalue weighted by atomic mass is 10.2. The molecule has 0 fully saturated rings. The minimum absolute atomic E-state index is 0.00348. The van der Waals surface area contributed by atoms with Gasteiger partial charge in [-0.1, -0.05) is 0 Å². The van der Waals surface area contributed by atoms with Gasteiger partial charge in [0.05, 0.1) is 13.2 Å². The Morgan fingerprint density at radius 2 is 1.15 bits per heavy atom. The van der Waals surface area contributed by atoms with E-state index in [1.165, 1.54) is 17.0 Å². The summed E-state index contributed by atoms with van der Waals surface area (Å²) in [5, 5.41) is 1.43. The number of fused-ring (bicyclic) bond motifs is 2. The summed E-state index contributed by atoms with van der Waals surface area (Å²) in [6.07, 6.45) is 5.27. The molecular weight excluding hydrogens is 864 g/mol. The molecule has 0 saturated heterocycles. The highest BCUT2D eigenvalue weighted by Gasteiger charge is 2.24. The zero-order valence-corrected chi connectivity index (χ0v) is 34.9. The number of hydrogen-bond acceptors (Lipinski definition) is 12. The van der Waals surface area contributed by atoms with Crippen LogP contribution in [0.5, 0.6) is 11.5 Å². The van der Waals surface area contributed by atoms with E-state index in [-0.39, 0.29) is 8.42 Å². The lowest BCUT2D eigenvalue weighted by Crippen LogP contribution is -2.23. The predicted molar refractivity (Wildman–Crippen MR) is 213 cm³/mol. The molecule has 0 aliphatic rings. The molecular formula is C31H38ClN3O12P2S5. The first kappa shape index (κ1) is 44.6. The van der Waals surface area contributed by atoms with Crippen LogP contribution in [0.4, 0.5) is 0 Å². The fourth-order valence-electron chi connectivity index (χ4n) is 4.30. The molecule has 296 valence electrons. The summed E-state index contributed by atoms with van der Waals surface area (Å²) < 4.78 is 87.0. The molecule has 15 nitrogen and oxygen atoms in total. The van der Waals surface area contributed by atoms with Crippen LogP contribution < -0.4 is 18.9 Å². The van der Waals surface area contributed by atoms with E-state index in [4.69, 9.17) is 40.6 Å². The van der Waals surface area contributed by atoms with Crippen molar-refractivity contribution in [3.63, 3.8) is 0 Å². The number of halogens is 1. The highest BCUT2D eigenvalue weighted by molar-refractivity contribution is 7.99. The first-order chi connectivity index (χ1) is 25.4. The Labute approximate surface area is 329 Å². The minimum Gasteiger partial charge on any atom is -0.494 e. The zero-order valence-electron chi connectivity index (χ0n) is 28.3. The number of thioether (sulfide) groups is 1. The zero-order chi connectivity index (χ0) is 39.4. The summed E-state index contributed by atoms with van der Waals surface area (Å²) in [5.41, 5.74) is 0. The monoisotopic (exact) mass is 901 g/mol. The van der Waals surface area contributed by atoms with E-state index in [1.54, 1.807) is 60.6 Å². The van der Waals surface area contributed by atoms with Crippen molar-refractivity contribution in [3.05, 3.63) is 73.1 Å². The maximum absolute atomic E-state index is 12.2. The third kappa shape index (κ3) is 15.1. The van der Waals surface area contributed by atoms with Crippen LogP contribution in [0.15, 0.2) is 86.4 Å². The van der Waals surface area contributed by atoms with Crippen molar-refractivity contribution < 1.29 is 55.0 Å². The molecule has 0 amide bonds. The van der Waals surface area contributed by atoms with Crippen LogP contribution in [0.3, 0.4) is 0 Å². The molecule has 3 aromatic heterocycles. The van der Waals surface area contributed by atoms with Crippen LogP contribution in [0, 0.1) is 0 Å². The normalized spacial score (nSPS) is 12.5. The van der Waals surface area contributed by atoms with Gasteiger partial charge in [-0.2, -0.15) is 9.44 Å². The number of nitrogens with one attached hydrogen (secondary N) is 2. The molecule has 0 spiro atoms. The van der Waals surface area contributed by atoms with E-state index in [9.17, 15) is 26.0 Å². The molecule has 6 N–H and O–H groups in total. The topological polar surface area (TPSA) is 239 Å². The Kier molecular flexibility index (Phi) is 16.8. The van der Waals surface area contributed by atoms with E-state index in [0.717, 1.165) is 64.2 Å². The number of rotatable bonds is 20. The average molecular weight is 902 g/mol. The van der Waals surface area contributed by atoms with Gasteiger partial charge in [-0.05, 0) is 103 Å². The second kappa shape index (κ2) is 20.3. The number of thiophene rings is 2. The van der Waals surface area contributed by atoms with Crippen molar-refractivity contribution in [2.45, 2.75) is 39.0 Å². The number of aromatic nitrogens is 1. The predicted octanol–water partition coefficient (Wildman–Crippen LogP) is 6.37. The number of hydrogen-bond donors (Lipinski definition) is 6. The number of nitrogens with zero attached hydrogens (tertiary/aromatic N) is 1. The van der Waals surface area contributed by atoms with Gasteiger partial charge >= 0.3 is 15.2 Å². The van der Waals surface area contributed by atoms with Crippen LogP contribution >= 0.6 is 61.2 Å². The fraction of sp³-hybridized carbons (Fsp3) is 0.323. The average Bonchev–Trinajstić information content (AvgIpc) is 3.76. The van der Waals surface area contributed by atoms with Crippen molar-refractivity contribution >= 4 is 101 Å². The Morgan fingerprint density at radius 3 is 1.59 bits per heavy atom. The van der Waals surface area contributed by atoms with Gasteiger partial charge in [-0.15, -0.1) is 46.0 Å². The minimum atomic E-state index is -4.47. The smallest absolute Gasteiger partial charge is 0.340 e. The van der Waals surface area contributed by atoms with Gasteiger partial charge < -0.3 is 29.0 Å². The van der Waals surface area contributed by atoms with E-state index in [0.29, 0.717) is 40.7 Å². The first-order valence-corrected chi connectivity index (χ1v) is 25.7. The summed E-state index contributed by atoms with van der Waals surface area (Å²) in [6, 6.07) is 17.4. The van der Waals surface area contributed by atoms with Crippen molar-refractivity contribution in [2.24, 2.45) is 0 Å². The molecule has 0 aliphatic carbocycles. The molecule has 5 aromatic rings. The highest BCUT2D eigenvalue weighted by atomic mass is 35.5. The SMILES string of the molecule is O=P(O)(O)CNS(=O)(=O)c1cc2ccc(OCCCCCl)cc2s1.O=P(O)(O)CNS(=O)(=O)c1cc2ccc(OCCCCSc3ccncc3)cc2s1. The highest BCUT2D eigenvalue weighted by Crippen LogP contribution is 2.37. The molecule has 0 aliphatic heterocycles. The van der Waals surface area contributed by atoms with Crippen LogP contribution in [0.25, 0.3) is 20.2 Å². The number of unbranched alkanes of at least 4 members (excludes halogenated alkanes) is 2. The second-order valence-corrected chi connectivity index (χ2v) is 22.3. The van der Waals surface area contributed by atoms with Crippen LogP contribution in [0.1, 0.15) is 25.7 Å². The molecule has 0 radical (unpaired) electrons. The van der Waals surface area contributed by atoms with E-state index in [2.05, 4.69) is 4.98 Å². The number of alkyl halides is 1. The van der Waals surface area contributed by atoms with E-state index < -0.39 is 47.8 Å². The summed E-state index contributed by atoms with van der Waals surface area (Å²) in [6.45, 7) is 1.08. The molecule has 0 saturated carbocycles. The Bertz CT molecular complexity index is 2300. The van der Waals surface area contributed by atoms with Gasteiger partial charge in [0.2, 0.25) is 0 Å². The van der Waals surface area contributed by atoms with E-state index in [1.807, 2.05) is 21.6 Å². The first-order valence-electron chi connectivity index (χ1n) is 15.9. The van der Waals surface area contributed by atoms with Gasteiger partial charge in [0, 0.05) is 32.6 Å². The van der Waals surface area contributed by atoms with Gasteiger partial charge in [0.1, 0.15) is 32.5 Å². The van der Waals surface area contributed by atoms with Crippen LogP contribution in [-0.2, 0) is 29.2 Å². The van der Waals surface area contributed by atoms with Crippen molar-refractivity contribution in [2.75, 3.05) is 37.4 Å². The summed E-state index contributed by atoms with van der Waals surface area (Å²) in [5.74, 6) is 2.85. The van der Waals surface area contributed by atoms with E-state index >= 15 is 0 Å². The molecule has 23 heteroatoms. The largest absolute Gasteiger partial charge is 0.494 e. The maximum Gasteiger partial charge on any atom is 0.340 e. The van der Waals surface area contributed by atoms with Crippen molar-refractivity contribution in [1.29, 1.82) is 0 Å². The lowest BCUT2D eigenvalue weighted by Gasteiger charge is -2.06. The third-order valence-electron chi connectivity index (χ3n) is 6.91. The quantitative estimate of drug-likeness (QED) is 0.0215. The van der Waals surface area contributed by atoms with Crippen LogP contribution in [-0.4, -0.2) is 78.8 Å². The molecule has 0 unspecified atom stereocenters. The Balaban J connectivity index is 0.000000247. The molecule has 3 heterocycles. The second-order valence-electron chi connectivity index (χ2n) is 11.3. The number of ether oxygens (including phenoxy) is 2. The van der Waals surface area contributed by atoms with Crippen molar-refractivity contribution in [1.82, 2.24) is 14.4 Å². The number of benzene rings is 2. The van der Waals surface area contributed by atoms with Crippen molar-refractivity contribution in [3.8, 4) is 11.5 Å².